The van der Waals surface area contributed by atoms with Crippen LogP contribution in [0.5, 0.6) is 0 Å². The minimum Gasteiger partial charge on any atom is -0.332 e. The Morgan fingerprint density at radius 3 is 2.18 bits per heavy atom. The van der Waals surface area contributed by atoms with Crippen molar-refractivity contribution in [1.29, 1.82) is 0 Å². The molecule has 2 rings (SSSR count). The van der Waals surface area contributed by atoms with Crippen molar-refractivity contribution in [3.05, 3.63) is 65.7 Å². The van der Waals surface area contributed by atoms with Crippen LogP contribution >= 0.6 is 12.2 Å². The van der Waals surface area contributed by atoms with E-state index in [-0.39, 0.29) is 10.0 Å². The second-order valence-corrected chi connectivity index (χ2v) is 7.96. The average Bonchev–Trinajstić information content (AvgIpc) is 2.60. The van der Waals surface area contributed by atoms with Gasteiger partial charge in [0.25, 0.3) is 10.0 Å². The van der Waals surface area contributed by atoms with Gasteiger partial charge < -0.3 is 5.32 Å². The Bertz CT molecular complexity index is 1010. The molecule has 146 valence electrons. The number of anilines is 1. The molecule has 2 amide bonds. The molecule has 0 aromatic heterocycles. The highest BCUT2D eigenvalue weighted by Crippen LogP contribution is 2.14. The maximum Gasteiger partial charge on any atom is 0.264 e. The number of sulfonamides is 1. The van der Waals surface area contributed by atoms with Crippen molar-refractivity contribution >= 4 is 50.9 Å². The fourth-order valence-electron chi connectivity index (χ4n) is 2.13. The number of aryl methyl sites for hydroxylation is 1. The van der Waals surface area contributed by atoms with Gasteiger partial charge in [-0.3, -0.25) is 14.9 Å². The van der Waals surface area contributed by atoms with Gasteiger partial charge in [-0.05, 0) is 55.0 Å². The van der Waals surface area contributed by atoms with Crippen LogP contribution in [0.3, 0.4) is 0 Å². The summed E-state index contributed by atoms with van der Waals surface area (Å²) < 4.78 is 25.6. The van der Waals surface area contributed by atoms with Gasteiger partial charge in [-0.2, -0.15) is 0 Å². The van der Waals surface area contributed by atoms with E-state index in [4.69, 9.17) is 12.2 Å². The Morgan fingerprint density at radius 1 is 1.00 bits per heavy atom. The maximum atomic E-state index is 11.9. The lowest BCUT2D eigenvalue weighted by atomic mass is 10.1. The molecule has 9 heteroatoms. The molecule has 0 heterocycles. The van der Waals surface area contributed by atoms with Crippen molar-refractivity contribution < 1.29 is 18.0 Å². The third kappa shape index (κ3) is 6.60. The van der Waals surface area contributed by atoms with Crippen LogP contribution in [0.1, 0.15) is 18.1 Å². The van der Waals surface area contributed by atoms with Gasteiger partial charge in [0.15, 0.2) is 5.11 Å². The second-order valence-electron chi connectivity index (χ2n) is 5.87. The lowest BCUT2D eigenvalue weighted by molar-refractivity contribution is -0.117. The third-order valence-electron chi connectivity index (χ3n) is 3.44. The molecular formula is C19H19N3O4S2. The van der Waals surface area contributed by atoms with Crippen molar-refractivity contribution in [2.75, 3.05) is 5.32 Å². The lowest BCUT2D eigenvalue weighted by Crippen LogP contribution is -2.32. The molecule has 0 radical (unpaired) electrons. The molecule has 3 N–H and O–H groups in total. The zero-order chi connectivity index (χ0) is 20.7. The minimum atomic E-state index is -3.90. The van der Waals surface area contributed by atoms with E-state index < -0.39 is 21.8 Å². The molecule has 7 nitrogen and oxygen atoms in total. The Balaban J connectivity index is 1.92. The Labute approximate surface area is 168 Å². The summed E-state index contributed by atoms with van der Waals surface area (Å²) in [4.78, 5) is 22.8. The van der Waals surface area contributed by atoms with E-state index >= 15 is 0 Å². The summed E-state index contributed by atoms with van der Waals surface area (Å²) in [6, 6.07) is 13.2. The topological polar surface area (TPSA) is 104 Å². The van der Waals surface area contributed by atoms with Crippen molar-refractivity contribution in [2.24, 2.45) is 0 Å². The van der Waals surface area contributed by atoms with Crippen molar-refractivity contribution in [3.8, 4) is 0 Å². The molecule has 0 bridgehead atoms. The van der Waals surface area contributed by atoms with Gasteiger partial charge in [-0.1, -0.05) is 29.8 Å². The van der Waals surface area contributed by atoms with Gasteiger partial charge in [0.05, 0.1) is 4.90 Å². The van der Waals surface area contributed by atoms with Crippen LogP contribution in [0.25, 0.3) is 6.08 Å². The minimum absolute atomic E-state index is 0.0655. The van der Waals surface area contributed by atoms with E-state index in [1.54, 1.807) is 6.08 Å². The first-order chi connectivity index (χ1) is 13.2. The molecule has 2 aromatic rings. The van der Waals surface area contributed by atoms with Gasteiger partial charge in [-0.15, -0.1) is 0 Å². The molecule has 0 aliphatic carbocycles. The molecule has 0 atom stereocenters. The first-order valence-corrected chi connectivity index (χ1v) is 10.0. The van der Waals surface area contributed by atoms with Gasteiger partial charge >= 0.3 is 0 Å². The number of carbonyl (C=O) groups is 2. The van der Waals surface area contributed by atoms with E-state index in [0.717, 1.165) is 18.1 Å². The largest absolute Gasteiger partial charge is 0.332 e. The fourth-order valence-corrected chi connectivity index (χ4v) is 3.34. The summed E-state index contributed by atoms with van der Waals surface area (Å²) in [6.07, 6.45) is 3.03. The monoisotopic (exact) mass is 417 g/mol. The van der Waals surface area contributed by atoms with Gasteiger partial charge in [0, 0.05) is 18.7 Å². The molecule has 0 fully saturated rings. The molecule has 0 aliphatic rings. The van der Waals surface area contributed by atoms with Crippen LogP contribution in [-0.2, 0) is 19.6 Å². The predicted molar refractivity (Wildman–Crippen MR) is 112 cm³/mol. The molecule has 0 aliphatic heterocycles. The maximum absolute atomic E-state index is 11.9. The number of amides is 2. The quantitative estimate of drug-likeness (QED) is 0.510. The molecule has 28 heavy (non-hydrogen) atoms. The normalized spacial score (nSPS) is 11.1. The molecule has 0 saturated heterocycles. The fraction of sp³-hybridized carbons (Fsp3) is 0.105. The highest BCUT2D eigenvalue weighted by Gasteiger charge is 2.15. The summed E-state index contributed by atoms with van der Waals surface area (Å²) in [5.74, 6) is -1.08. The Hall–Kier alpha value is -3.04. The van der Waals surface area contributed by atoms with E-state index in [1.807, 2.05) is 35.9 Å². The molecule has 2 aromatic carbocycles. The predicted octanol–water partition coefficient (Wildman–Crippen LogP) is 2.35. The molecule has 0 saturated carbocycles. The number of carbonyl (C=O) groups excluding carboxylic acids is 2. The molecular weight excluding hydrogens is 398 g/mol. The number of hydrogen-bond donors (Lipinski definition) is 3. The summed E-state index contributed by atoms with van der Waals surface area (Å²) in [5.41, 5.74) is 2.49. The lowest BCUT2D eigenvalue weighted by Gasteiger charge is -2.09. The Morgan fingerprint density at radius 2 is 1.61 bits per heavy atom. The van der Waals surface area contributed by atoms with E-state index in [2.05, 4.69) is 10.6 Å². The zero-order valence-corrected chi connectivity index (χ0v) is 16.9. The molecule has 0 unspecified atom stereocenters. The van der Waals surface area contributed by atoms with Crippen LogP contribution in [0.15, 0.2) is 59.5 Å². The van der Waals surface area contributed by atoms with E-state index in [0.29, 0.717) is 5.69 Å². The van der Waals surface area contributed by atoms with Gasteiger partial charge in [0.1, 0.15) is 0 Å². The average molecular weight is 418 g/mol. The number of nitrogens with one attached hydrogen (secondary N) is 3. The van der Waals surface area contributed by atoms with Gasteiger partial charge in [0.2, 0.25) is 11.8 Å². The van der Waals surface area contributed by atoms with Crippen molar-refractivity contribution in [3.63, 3.8) is 0 Å². The van der Waals surface area contributed by atoms with E-state index in [1.165, 1.54) is 30.3 Å². The summed E-state index contributed by atoms with van der Waals surface area (Å²) in [7, 11) is -3.90. The smallest absolute Gasteiger partial charge is 0.264 e. The standard InChI is InChI=1S/C19H19N3O4S2/c1-13-3-5-15(6-4-13)7-12-18(24)21-19(27)20-16-8-10-17(11-9-16)28(25,26)22-14(2)23/h3-12H,1-2H3,(H,22,23)(H2,20,21,24,27). The number of rotatable bonds is 5. The van der Waals surface area contributed by atoms with E-state index in [9.17, 15) is 18.0 Å². The number of hydrogen-bond acceptors (Lipinski definition) is 5. The highest BCUT2D eigenvalue weighted by molar-refractivity contribution is 7.90. The summed E-state index contributed by atoms with van der Waals surface area (Å²) in [6.45, 7) is 3.09. The highest BCUT2D eigenvalue weighted by atomic mass is 32.2. The SMILES string of the molecule is CC(=O)NS(=O)(=O)c1ccc(NC(=S)NC(=O)C=Cc2ccc(C)cc2)cc1. The number of thiocarbonyl (C=S) groups is 1. The van der Waals surface area contributed by atoms with Crippen molar-refractivity contribution in [1.82, 2.24) is 10.0 Å². The third-order valence-corrected chi connectivity index (χ3v) is 5.09. The summed E-state index contributed by atoms with van der Waals surface area (Å²) in [5, 5.41) is 5.35. The van der Waals surface area contributed by atoms with Crippen molar-refractivity contribution in [2.45, 2.75) is 18.7 Å². The molecule has 0 spiro atoms. The second kappa shape index (κ2) is 9.25. The Kier molecular flexibility index (Phi) is 7.02. The van der Waals surface area contributed by atoms with Crippen LogP contribution in [0.2, 0.25) is 0 Å². The van der Waals surface area contributed by atoms with Crippen LogP contribution < -0.4 is 15.4 Å². The van der Waals surface area contributed by atoms with Crippen LogP contribution in [-0.4, -0.2) is 25.3 Å². The number of benzene rings is 2. The first kappa shape index (κ1) is 21.3. The van der Waals surface area contributed by atoms with Crippen LogP contribution in [0, 0.1) is 6.92 Å². The van der Waals surface area contributed by atoms with Gasteiger partial charge in [-0.25, -0.2) is 13.1 Å². The first-order valence-electron chi connectivity index (χ1n) is 8.16. The summed E-state index contributed by atoms with van der Waals surface area (Å²) >= 11 is 5.07. The zero-order valence-electron chi connectivity index (χ0n) is 15.2. The van der Waals surface area contributed by atoms with Crippen LogP contribution in [0.4, 0.5) is 5.69 Å².